The molecule has 2 aromatic rings. The van der Waals surface area contributed by atoms with Crippen molar-refractivity contribution < 1.29 is 19.2 Å². The summed E-state index contributed by atoms with van der Waals surface area (Å²) in [6.45, 7) is 5.12. The molecular weight excluding hydrogens is 318 g/mol. The first-order valence-corrected chi connectivity index (χ1v) is 8.63. The summed E-state index contributed by atoms with van der Waals surface area (Å²) in [5, 5.41) is 5.06. The van der Waals surface area contributed by atoms with Gasteiger partial charge >= 0.3 is 6.03 Å². The van der Waals surface area contributed by atoms with Gasteiger partial charge in [-0.25, -0.2) is 9.69 Å². The fourth-order valence-corrected chi connectivity index (χ4v) is 3.58. The number of hydrogen-bond acceptors (Lipinski definition) is 3. The van der Waals surface area contributed by atoms with E-state index in [9.17, 15) is 9.59 Å². The molecule has 0 unspecified atom stereocenters. The highest BCUT2D eigenvalue weighted by Crippen LogP contribution is 2.30. The Morgan fingerprint density at radius 2 is 1.84 bits per heavy atom. The number of quaternary nitrogens is 1. The number of ether oxygens (including phenoxy) is 1. The van der Waals surface area contributed by atoms with Crippen molar-refractivity contribution in [2.75, 3.05) is 33.0 Å². The lowest BCUT2D eigenvalue weighted by atomic mass is 9.90. The monoisotopic (exact) mass is 340 g/mol. The number of urea groups is 1. The van der Waals surface area contributed by atoms with Crippen molar-refractivity contribution >= 4 is 22.7 Å². The highest BCUT2D eigenvalue weighted by molar-refractivity contribution is 6.07. The second kappa shape index (κ2) is 6.13. The van der Waals surface area contributed by atoms with Crippen LogP contribution in [0.4, 0.5) is 4.79 Å². The maximum absolute atomic E-state index is 13.0. The first-order chi connectivity index (χ1) is 12.1. The molecule has 2 aromatic carbocycles. The van der Waals surface area contributed by atoms with Gasteiger partial charge in [0.15, 0.2) is 6.67 Å². The summed E-state index contributed by atoms with van der Waals surface area (Å²) in [7, 11) is 0. The minimum atomic E-state index is -1.02. The Labute approximate surface area is 146 Å². The molecule has 2 aliphatic rings. The van der Waals surface area contributed by atoms with Crippen molar-refractivity contribution in [2.45, 2.75) is 12.5 Å². The number of hydrogen-bond donors (Lipinski definition) is 2. The lowest BCUT2D eigenvalue weighted by Crippen LogP contribution is -3.15. The van der Waals surface area contributed by atoms with E-state index < -0.39 is 5.54 Å². The quantitative estimate of drug-likeness (QED) is 0.799. The Morgan fingerprint density at radius 3 is 2.60 bits per heavy atom. The van der Waals surface area contributed by atoms with Crippen molar-refractivity contribution in [1.29, 1.82) is 0 Å². The van der Waals surface area contributed by atoms with Crippen LogP contribution in [0.15, 0.2) is 42.5 Å². The molecule has 2 heterocycles. The van der Waals surface area contributed by atoms with Crippen LogP contribution >= 0.6 is 0 Å². The van der Waals surface area contributed by atoms with Gasteiger partial charge < -0.3 is 15.0 Å². The molecule has 3 amide bonds. The Morgan fingerprint density at radius 1 is 1.12 bits per heavy atom. The van der Waals surface area contributed by atoms with Gasteiger partial charge in [0.1, 0.15) is 18.6 Å². The predicted octanol–water partition coefficient (Wildman–Crippen LogP) is 0.479. The van der Waals surface area contributed by atoms with Gasteiger partial charge in [-0.05, 0) is 29.3 Å². The number of carbonyl (C=O) groups excluding carboxylic acids is 2. The largest absolute Gasteiger partial charge is 0.370 e. The first kappa shape index (κ1) is 16.1. The SMILES string of the molecule is C[C@]1(c2ccc3ccccc3c2)NC(=O)N(C[NH+]2CCOCC2)C1=O. The van der Waals surface area contributed by atoms with E-state index in [-0.39, 0.29) is 11.9 Å². The van der Waals surface area contributed by atoms with Gasteiger partial charge in [-0.2, -0.15) is 0 Å². The molecule has 6 nitrogen and oxygen atoms in total. The molecule has 0 radical (unpaired) electrons. The standard InChI is InChI=1S/C19H21N3O3/c1-19(16-7-6-14-4-2-3-5-15(14)12-16)17(23)22(18(24)20-19)13-21-8-10-25-11-9-21/h2-7,12H,8-11,13H2,1H3,(H,20,24)/p+1/t19-/m1/s1. The first-order valence-electron chi connectivity index (χ1n) is 8.63. The lowest BCUT2D eigenvalue weighted by Gasteiger charge is -2.27. The Hall–Kier alpha value is -2.44. The van der Waals surface area contributed by atoms with Crippen LogP contribution in [-0.4, -0.2) is 49.8 Å². The second-order valence-electron chi connectivity index (χ2n) is 6.87. The molecule has 0 bridgehead atoms. The zero-order chi connectivity index (χ0) is 17.4. The van der Waals surface area contributed by atoms with E-state index in [1.165, 1.54) is 9.80 Å². The summed E-state index contributed by atoms with van der Waals surface area (Å²) in [5.74, 6) is -0.188. The summed E-state index contributed by atoms with van der Waals surface area (Å²) >= 11 is 0. The van der Waals surface area contributed by atoms with E-state index in [1.54, 1.807) is 6.92 Å². The second-order valence-corrected chi connectivity index (χ2v) is 6.87. The van der Waals surface area contributed by atoms with E-state index in [1.807, 2.05) is 42.5 Å². The van der Waals surface area contributed by atoms with Gasteiger partial charge in [0.25, 0.3) is 5.91 Å². The number of nitrogens with one attached hydrogen (secondary N) is 2. The summed E-state index contributed by atoms with van der Waals surface area (Å²) in [4.78, 5) is 28.0. The molecule has 0 aliphatic carbocycles. The van der Waals surface area contributed by atoms with Gasteiger partial charge in [0.2, 0.25) is 0 Å². The number of nitrogens with zero attached hydrogens (tertiary/aromatic N) is 1. The van der Waals surface area contributed by atoms with Gasteiger partial charge in [0.05, 0.1) is 13.2 Å². The Balaban J connectivity index is 1.62. The zero-order valence-corrected chi connectivity index (χ0v) is 14.2. The molecular formula is C19H22N3O3+. The number of amides is 3. The third-order valence-electron chi connectivity index (χ3n) is 5.18. The third-order valence-corrected chi connectivity index (χ3v) is 5.18. The molecule has 2 fully saturated rings. The smallest absolute Gasteiger partial charge is 0.329 e. The van der Waals surface area contributed by atoms with Crippen molar-refractivity contribution in [2.24, 2.45) is 0 Å². The average molecular weight is 340 g/mol. The minimum absolute atomic E-state index is 0.188. The maximum Gasteiger partial charge on any atom is 0.329 e. The number of imide groups is 1. The van der Waals surface area contributed by atoms with Crippen molar-refractivity contribution in [1.82, 2.24) is 10.2 Å². The number of morpholine rings is 1. The highest BCUT2D eigenvalue weighted by Gasteiger charge is 2.50. The van der Waals surface area contributed by atoms with Crippen LogP contribution in [0.5, 0.6) is 0 Å². The molecule has 130 valence electrons. The van der Waals surface area contributed by atoms with Crippen LogP contribution in [-0.2, 0) is 15.1 Å². The Kier molecular flexibility index (Phi) is 3.94. The van der Waals surface area contributed by atoms with Gasteiger partial charge in [-0.15, -0.1) is 0 Å². The fraction of sp³-hybridized carbons (Fsp3) is 0.368. The van der Waals surface area contributed by atoms with Crippen LogP contribution in [0.2, 0.25) is 0 Å². The van der Waals surface area contributed by atoms with E-state index >= 15 is 0 Å². The Bertz CT molecular complexity index is 832. The van der Waals surface area contributed by atoms with Crippen LogP contribution < -0.4 is 10.2 Å². The van der Waals surface area contributed by atoms with Gasteiger partial charge in [-0.3, -0.25) is 4.79 Å². The zero-order valence-electron chi connectivity index (χ0n) is 14.2. The molecule has 1 atom stereocenters. The molecule has 25 heavy (non-hydrogen) atoms. The molecule has 6 heteroatoms. The van der Waals surface area contributed by atoms with Crippen molar-refractivity contribution in [3.05, 3.63) is 48.0 Å². The van der Waals surface area contributed by atoms with Crippen LogP contribution in [0.1, 0.15) is 12.5 Å². The van der Waals surface area contributed by atoms with Crippen molar-refractivity contribution in [3.63, 3.8) is 0 Å². The van der Waals surface area contributed by atoms with Crippen LogP contribution in [0.3, 0.4) is 0 Å². The summed E-state index contributed by atoms with van der Waals surface area (Å²) in [6, 6.07) is 13.6. The van der Waals surface area contributed by atoms with Crippen molar-refractivity contribution in [3.8, 4) is 0 Å². The molecule has 0 aromatic heterocycles. The molecule has 2 N–H and O–H groups in total. The number of benzene rings is 2. The van der Waals surface area contributed by atoms with Crippen LogP contribution in [0, 0.1) is 0 Å². The minimum Gasteiger partial charge on any atom is -0.370 e. The predicted molar refractivity (Wildman–Crippen MR) is 93.1 cm³/mol. The third kappa shape index (κ3) is 2.77. The van der Waals surface area contributed by atoms with Gasteiger partial charge in [0, 0.05) is 0 Å². The fourth-order valence-electron chi connectivity index (χ4n) is 3.58. The number of rotatable bonds is 3. The number of fused-ring (bicyclic) bond motifs is 1. The van der Waals surface area contributed by atoms with E-state index in [0.717, 1.165) is 29.4 Å². The summed E-state index contributed by atoms with van der Waals surface area (Å²) in [5.41, 5.74) is -0.212. The molecule has 0 spiro atoms. The van der Waals surface area contributed by atoms with Crippen LogP contribution in [0.25, 0.3) is 10.8 Å². The van der Waals surface area contributed by atoms with E-state index in [0.29, 0.717) is 19.9 Å². The molecule has 4 rings (SSSR count). The topological polar surface area (TPSA) is 63.1 Å². The average Bonchev–Trinajstić information content (AvgIpc) is 2.86. The molecule has 2 aliphatic heterocycles. The lowest BCUT2D eigenvalue weighted by molar-refractivity contribution is -0.915. The molecule has 2 saturated heterocycles. The summed E-state index contributed by atoms with van der Waals surface area (Å²) < 4.78 is 5.34. The van der Waals surface area contributed by atoms with Gasteiger partial charge in [-0.1, -0.05) is 36.4 Å². The molecule has 0 saturated carbocycles. The normalized spacial score (nSPS) is 24.8. The number of carbonyl (C=O) groups is 2. The highest BCUT2D eigenvalue weighted by atomic mass is 16.5. The summed E-state index contributed by atoms with van der Waals surface area (Å²) in [6.07, 6.45) is 0. The van der Waals surface area contributed by atoms with E-state index in [4.69, 9.17) is 4.74 Å². The maximum atomic E-state index is 13.0. The van der Waals surface area contributed by atoms with E-state index in [2.05, 4.69) is 5.32 Å².